The summed E-state index contributed by atoms with van der Waals surface area (Å²) in [6.45, 7) is 3.83. The average molecular weight is 319 g/mol. The van der Waals surface area contributed by atoms with Crippen molar-refractivity contribution in [3.8, 4) is 10.6 Å². The largest absolute Gasteiger partial charge is 0.480 e. The van der Waals surface area contributed by atoms with E-state index in [0.29, 0.717) is 16.3 Å². The summed E-state index contributed by atoms with van der Waals surface area (Å²) >= 11 is 1.22. The molecule has 2 rings (SSSR count). The summed E-state index contributed by atoms with van der Waals surface area (Å²) in [5.74, 6) is -1.26. The highest BCUT2D eigenvalue weighted by molar-refractivity contribution is 7.16. The first-order valence-electron chi connectivity index (χ1n) is 6.87. The van der Waals surface area contributed by atoms with Crippen molar-refractivity contribution in [2.75, 3.05) is 0 Å². The van der Waals surface area contributed by atoms with Gasteiger partial charge in [-0.05, 0) is 24.5 Å². The Bertz CT molecular complexity index is 655. The van der Waals surface area contributed by atoms with Gasteiger partial charge in [-0.15, -0.1) is 11.3 Å². The van der Waals surface area contributed by atoms with Crippen LogP contribution in [-0.4, -0.2) is 33.0 Å². The summed E-state index contributed by atoms with van der Waals surface area (Å²) in [6.07, 6.45) is 5.15. The van der Waals surface area contributed by atoms with Crippen molar-refractivity contribution in [2.45, 2.75) is 26.3 Å². The number of pyridine rings is 1. The fourth-order valence-electron chi connectivity index (χ4n) is 1.93. The number of thiazole rings is 1. The molecule has 0 radical (unpaired) electrons. The number of carboxylic acids is 1. The van der Waals surface area contributed by atoms with Gasteiger partial charge < -0.3 is 10.4 Å². The van der Waals surface area contributed by atoms with Gasteiger partial charge in [0.15, 0.2) is 0 Å². The molecule has 2 aromatic heterocycles. The summed E-state index contributed by atoms with van der Waals surface area (Å²) in [4.78, 5) is 31.9. The Balaban J connectivity index is 2.10. The molecule has 0 saturated heterocycles. The van der Waals surface area contributed by atoms with E-state index in [1.54, 1.807) is 24.5 Å². The second kappa shape index (κ2) is 7.13. The van der Waals surface area contributed by atoms with Crippen LogP contribution in [0.2, 0.25) is 0 Å². The van der Waals surface area contributed by atoms with E-state index in [1.807, 2.05) is 13.8 Å². The molecule has 0 fully saturated rings. The number of carbonyl (C=O) groups is 2. The minimum atomic E-state index is -1.03. The first-order valence-corrected chi connectivity index (χ1v) is 7.69. The van der Waals surface area contributed by atoms with Crippen LogP contribution < -0.4 is 5.32 Å². The quantitative estimate of drug-likeness (QED) is 0.853. The van der Waals surface area contributed by atoms with E-state index in [-0.39, 0.29) is 5.92 Å². The number of nitrogens with one attached hydrogen (secondary N) is 1. The van der Waals surface area contributed by atoms with Gasteiger partial charge in [0, 0.05) is 18.0 Å². The van der Waals surface area contributed by atoms with Crippen molar-refractivity contribution < 1.29 is 14.7 Å². The van der Waals surface area contributed by atoms with Gasteiger partial charge in [-0.2, -0.15) is 0 Å². The third kappa shape index (κ3) is 4.11. The number of amides is 1. The maximum Gasteiger partial charge on any atom is 0.326 e. The van der Waals surface area contributed by atoms with Crippen molar-refractivity contribution in [3.63, 3.8) is 0 Å². The SMILES string of the molecule is CC(C)CC(NC(=O)c1cnc(-c2ccncc2)s1)C(=O)O. The van der Waals surface area contributed by atoms with Crippen LogP contribution in [0.1, 0.15) is 29.9 Å². The van der Waals surface area contributed by atoms with E-state index in [2.05, 4.69) is 15.3 Å². The number of aliphatic carboxylic acids is 1. The Morgan fingerprint density at radius 1 is 1.32 bits per heavy atom. The molecular formula is C15H17N3O3S. The highest BCUT2D eigenvalue weighted by Gasteiger charge is 2.22. The van der Waals surface area contributed by atoms with Crippen molar-refractivity contribution >= 4 is 23.2 Å². The monoisotopic (exact) mass is 319 g/mol. The molecule has 0 aliphatic rings. The van der Waals surface area contributed by atoms with Crippen molar-refractivity contribution in [1.29, 1.82) is 0 Å². The molecule has 1 atom stereocenters. The molecule has 2 N–H and O–H groups in total. The molecule has 0 aliphatic heterocycles. The topological polar surface area (TPSA) is 92.2 Å². The first kappa shape index (κ1) is 16.1. The number of hydrogen-bond acceptors (Lipinski definition) is 5. The standard InChI is InChI=1S/C15H17N3O3S/c1-9(2)7-11(15(20)21)18-13(19)12-8-17-14(22-12)10-3-5-16-6-4-10/h3-6,8-9,11H,7H2,1-2H3,(H,18,19)(H,20,21). The highest BCUT2D eigenvalue weighted by Crippen LogP contribution is 2.24. The predicted molar refractivity (Wildman–Crippen MR) is 83.7 cm³/mol. The lowest BCUT2D eigenvalue weighted by molar-refractivity contribution is -0.139. The van der Waals surface area contributed by atoms with Crippen molar-refractivity contribution in [1.82, 2.24) is 15.3 Å². The van der Waals surface area contributed by atoms with Crippen molar-refractivity contribution in [2.24, 2.45) is 5.92 Å². The second-order valence-corrected chi connectivity index (χ2v) is 6.29. The van der Waals surface area contributed by atoms with Crippen LogP contribution in [0, 0.1) is 5.92 Å². The molecule has 116 valence electrons. The maximum absolute atomic E-state index is 12.2. The zero-order valence-corrected chi connectivity index (χ0v) is 13.1. The van der Waals surface area contributed by atoms with Crippen LogP contribution in [0.5, 0.6) is 0 Å². The summed E-state index contributed by atoms with van der Waals surface area (Å²) < 4.78 is 0. The van der Waals surface area contributed by atoms with E-state index in [9.17, 15) is 9.59 Å². The fourth-order valence-corrected chi connectivity index (χ4v) is 2.75. The van der Waals surface area contributed by atoms with Crippen LogP contribution in [0.15, 0.2) is 30.7 Å². The van der Waals surface area contributed by atoms with Crippen LogP contribution in [0.25, 0.3) is 10.6 Å². The smallest absolute Gasteiger partial charge is 0.326 e. The molecule has 0 spiro atoms. The molecule has 7 heteroatoms. The van der Waals surface area contributed by atoms with E-state index in [1.165, 1.54) is 17.5 Å². The predicted octanol–water partition coefficient (Wildman–Crippen LogP) is 2.43. The van der Waals surface area contributed by atoms with Gasteiger partial charge in [0.1, 0.15) is 15.9 Å². The summed E-state index contributed by atoms with van der Waals surface area (Å²) in [6, 6.07) is 2.72. The Hall–Kier alpha value is -2.28. The van der Waals surface area contributed by atoms with Gasteiger partial charge in [-0.25, -0.2) is 9.78 Å². The third-order valence-electron chi connectivity index (χ3n) is 2.97. The van der Waals surface area contributed by atoms with E-state index >= 15 is 0 Å². The average Bonchev–Trinajstić information content (AvgIpc) is 2.96. The Morgan fingerprint density at radius 2 is 2.00 bits per heavy atom. The molecule has 1 amide bonds. The maximum atomic E-state index is 12.2. The van der Waals surface area contributed by atoms with Gasteiger partial charge in [-0.3, -0.25) is 9.78 Å². The molecule has 2 aromatic rings. The Morgan fingerprint density at radius 3 is 2.59 bits per heavy atom. The summed E-state index contributed by atoms with van der Waals surface area (Å²) in [7, 11) is 0. The van der Waals surface area contributed by atoms with Gasteiger partial charge >= 0.3 is 5.97 Å². The van der Waals surface area contributed by atoms with Crippen LogP contribution in [-0.2, 0) is 4.79 Å². The molecule has 0 saturated carbocycles. The number of hydrogen-bond donors (Lipinski definition) is 2. The second-order valence-electron chi connectivity index (χ2n) is 5.26. The van der Waals surface area contributed by atoms with Gasteiger partial charge in [0.25, 0.3) is 5.91 Å². The zero-order valence-electron chi connectivity index (χ0n) is 12.3. The summed E-state index contributed by atoms with van der Waals surface area (Å²) in [5, 5.41) is 12.4. The van der Waals surface area contributed by atoms with Gasteiger partial charge in [0.2, 0.25) is 0 Å². The number of carbonyl (C=O) groups excluding carboxylic acids is 1. The number of nitrogens with zero attached hydrogens (tertiary/aromatic N) is 2. The minimum absolute atomic E-state index is 0.176. The number of carboxylic acid groups (broad SMARTS) is 1. The van der Waals surface area contributed by atoms with E-state index < -0.39 is 17.9 Å². The number of rotatable bonds is 6. The van der Waals surface area contributed by atoms with Gasteiger partial charge in [0.05, 0.1) is 6.20 Å². The fraction of sp³-hybridized carbons (Fsp3) is 0.333. The molecule has 22 heavy (non-hydrogen) atoms. The summed E-state index contributed by atoms with van der Waals surface area (Å²) in [5.41, 5.74) is 0.871. The van der Waals surface area contributed by atoms with Crippen molar-refractivity contribution in [3.05, 3.63) is 35.6 Å². The zero-order chi connectivity index (χ0) is 16.1. The molecule has 0 aromatic carbocycles. The third-order valence-corrected chi connectivity index (χ3v) is 4.01. The molecule has 0 aliphatic carbocycles. The van der Waals surface area contributed by atoms with Crippen LogP contribution >= 0.6 is 11.3 Å². The van der Waals surface area contributed by atoms with Gasteiger partial charge in [-0.1, -0.05) is 13.8 Å². The molecule has 1 unspecified atom stereocenters. The molecule has 2 heterocycles. The highest BCUT2D eigenvalue weighted by atomic mass is 32.1. The first-order chi connectivity index (χ1) is 10.5. The normalized spacial score (nSPS) is 12.1. The van der Waals surface area contributed by atoms with Crippen LogP contribution in [0.3, 0.4) is 0 Å². The Labute approximate surface area is 132 Å². The van der Waals surface area contributed by atoms with E-state index in [0.717, 1.165) is 5.56 Å². The lowest BCUT2D eigenvalue weighted by Crippen LogP contribution is -2.41. The molecular weight excluding hydrogens is 302 g/mol. The lowest BCUT2D eigenvalue weighted by Gasteiger charge is -2.15. The molecule has 0 bridgehead atoms. The number of aromatic nitrogens is 2. The minimum Gasteiger partial charge on any atom is -0.480 e. The molecule has 6 nitrogen and oxygen atoms in total. The Kier molecular flexibility index (Phi) is 5.21. The van der Waals surface area contributed by atoms with E-state index in [4.69, 9.17) is 5.11 Å². The lowest BCUT2D eigenvalue weighted by atomic mass is 10.0. The van der Waals surface area contributed by atoms with Crippen LogP contribution in [0.4, 0.5) is 0 Å².